The van der Waals surface area contributed by atoms with Crippen LogP contribution in [0.3, 0.4) is 0 Å². The first kappa shape index (κ1) is 14.3. The SMILES string of the molecule is C#CCn1nnc(Oc2ccc(NC(=O)N(C)C)cc2)n1. The molecule has 1 N–H and O–H groups in total. The molecule has 0 aliphatic heterocycles. The first-order chi connectivity index (χ1) is 10.1. The van der Waals surface area contributed by atoms with Gasteiger partial charge in [-0.05, 0) is 29.5 Å². The highest BCUT2D eigenvalue weighted by Gasteiger charge is 2.06. The van der Waals surface area contributed by atoms with Crippen molar-refractivity contribution in [2.75, 3.05) is 19.4 Å². The van der Waals surface area contributed by atoms with Gasteiger partial charge >= 0.3 is 12.0 Å². The van der Waals surface area contributed by atoms with Crippen LogP contribution in [-0.4, -0.2) is 45.2 Å². The Morgan fingerprint density at radius 1 is 1.43 bits per heavy atom. The molecule has 8 nitrogen and oxygen atoms in total. The van der Waals surface area contributed by atoms with E-state index in [1.54, 1.807) is 38.4 Å². The Kier molecular flexibility index (Phi) is 4.36. The van der Waals surface area contributed by atoms with E-state index >= 15 is 0 Å². The number of rotatable bonds is 4. The van der Waals surface area contributed by atoms with Crippen LogP contribution in [0.5, 0.6) is 11.8 Å². The summed E-state index contributed by atoms with van der Waals surface area (Å²) in [5, 5.41) is 14.1. The Bertz CT molecular complexity index is 656. The number of carbonyl (C=O) groups is 1. The third-order valence-corrected chi connectivity index (χ3v) is 2.39. The van der Waals surface area contributed by atoms with Gasteiger partial charge in [-0.1, -0.05) is 16.1 Å². The standard InChI is InChI=1S/C13H14N6O2/c1-4-9-19-16-12(15-17-19)21-11-7-5-10(6-8-11)14-13(20)18(2)3/h1,5-8H,9H2,2-3H3,(H,14,20). The number of nitrogens with one attached hydrogen (secondary N) is 1. The molecular formula is C13H14N6O2. The van der Waals surface area contributed by atoms with Crippen LogP contribution >= 0.6 is 0 Å². The molecule has 0 unspecified atom stereocenters. The van der Waals surface area contributed by atoms with Crippen molar-refractivity contribution in [3.05, 3.63) is 24.3 Å². The Hall–Kier alpha value is -3.08. The number of tetrazole rings is 1. The summed E-state index contributed by atoms with van der Waals surface area (Å²) in [7, 11) is 3.33. The molecule has 2 amide bonds. The molecule has 0 aliphatic carbocycles. The summed E-state index contributed by atoms with van der Waals surface area (Å²) >= 11 is 0. The molecule has 1 heterocycles. The summed E-state index contributed by atoms with van der Waals surface area (Å²) < 4.78 is 5.42. The average molecular weight is 286 g/mol. The van der Waals surface area contributed by atoms with Crippen molar-refractivity contribution in [3.8, 4) is 24.1 Å². The maximum Gasteiger partial charge on any atom is 0.361 e. The van der Waals surface area contributed by atoms with E-state index in [9.17, 15) is 4.79 Å². The second kappa shape index (κ2) is 6.38. The number of carbonyl (C=O) groups excluding carboxylic acids is 1. The van der Waals surface area contributed by atoms with E-state index in [0.29, 0.717) is 11.4 Å². The van der Waals surface area contributed by atoms with Crippen molar-refractivity contribution in [3.63, 3.8) is 0 Å². The van der Waals surface area contributed by atoms with Gasteiger partial charge < -0.3 is 15.0 Å². The van der Waals surface area contributed by atoms with Gasteiger partial charge in [-0.25, -0.2) is 4.79 Å². The van der Waals surface area contributed by atoms with E-state index in [2.05, 4.69) is 26.6 Å². The number of anilines is 1. The number of terminal acetylenes is 1. The highest BCUT2D eigenvalue weighted by Crippen LogP contribution is 2.19. The monoisotopic (exact) mass is 286 g/mol. The Morgan fingerprint density at radius 3 is 2.76 bits per heavy atom. The first-order valence-corrected chi connectivity index (χ1v) is 6.06. The van der Waals surface area contributed by atoms with Crippen LogP contribution in [0.4, 0.5) is 10.5 Å². The number of hydrogen-bond acceptors (Lipinski definition) is 5. The molecule has 1 aromatic heterocycles. The molecule has 108 valence electrons. The van der Waals surface area contributed by atoms with E-state index in [-0.39, 0.29) is 18.6 Å². The van der Waals surface area contributed by atoms with Gasteiger partial charge in [-0.2, -0.15) is 0 Å². The molecule has 0 saturated heterocycles. The van der Waals surface area contributed by atoms with Crippen LogP contribution < -0.4 is 10.1 Å². The molecule has 0 fully saturated rings. The molecule has 8 heteroatoms. The van der Waals surface area contributed by atoms with Gasteiger partial charge in [0.1, 0.15) is 12.3 Å². The van der Waals surface area contributed by atoms with E-state index < -0.39 is 0 Å². The fourth-order valence-electron chi connectivity index (χ4n) is 1.37. The van der Waals surface area contributed by atoms with Gasteiger partial charge in [-0.3, -0.25) is 0 Å². The maximum atomic E-state index is 11.5. The van der Waals surface area contributed by atoms with Crippen molar-refractivity contribution < 1.29 is 9.53 Å². The molecule has 0 saturated carbocycles. The summed E-state index contributed by atoms with van der Waals surface area (Å²) in [5.74, 6) is 2.92. The minimum absolute atomic E-state index is 0.107. The number of benzene rings is 1. The van der Waals surface area contributed by atoms with E-state index in [0.717, 1.165) is 0 Å². The third-order valence-electron chi connectivity index (χ3n) is 2.39. The molecule has 21 heavy (non-hydrogen) atoms. The normalized spacial score (nSPS) is 9.76. The Labute approximate surface area is 121 Å². The second-order valence-corrected chi connectivity index (χ2v) is 4.26. The summed E-state index contributed by atoms with van der Waals surface area (Å²) in [5.41, 5.74) is 0.657. The predicted octanol–water partition coefficient (Wildman–Crippen LogP) is 1.19. The fraction of sp³-hybridized carbons (Fsp3) is 0.231. The first-order valence-electron chi connectivity index (χ1n) is 6.06. The van der Waals surface area contributed by atoms with E-state index in [1.165, 1.54) is 9.70 Å². The molecule has 1 aromatic carbocycles. The van der Waals surface area contributed by atoms with Crippen LogP contribution in [0, 0.1) is 12.3 Å². The smallest absolute Gasteiger partial charge is 0.361 e. The minimum atomic E-state index is -0.206. The van der Waals surface area contributed by atoms with Crippen molar-refractivity contribution in [2.24, 2.45) is 0 Å². The molecule has 0 aliphatic rings. The van der Waals surface area contributed by atoms with Crippen LogP contribution in [0.1, 0.15) is 0 Å². The minimum Gasteiger partial charge on any atom is -0.422 e. The Morgan fingerprint density at radius 2 is 2.14 bits per heavy atom. The molecule has 0 spiro atoms. The molecule has 0 radical (unpaired) electrons. The van der Waals surface area contributed by atoms with Crippen LogP contribution in [0.2, 0.25) is 0 Å². The number of hydrogen-bond donors (Lipinski definition) is 1. The van der Waals surface area contributed by atoms with Gasteiger partial charge in [0.05, 0.1) is 0 Å². The van der Waals surface area contributed by atoms with Gasteiger partial charge in [0, 0.05) is 19.8 Å². The van der Waals surface area contributed by atoms with Crippen molar-refractivity contribution in [1.82, 2.24) is 25.1 Å². The number of ether oxygens (including phenoxy) is 1. The van der Waals surface area contributed by atoms with Crippen molar-refractivity contribution >= 4 is 11.7 Å². The number of amides is 2. The summed E-state index contributed by atoms with van der Waals surface area (Å²) in [4.78, 5) is 14.2. The van der Waals surface area contributed by atoms with Crippen molar-refractivity contribution in [1.29, 1.82) is 0 Å². The number of urea groups is 1. The highest BCUT2D eigenvalue weighted by atomic mass is 16.5. The van der Waals surface area contributed by atoms with Gasteiger partial charge in [-0.15, -0.1) is 11.2 Å². The summed E-state index contributed by atoms with van der Waals surface area (Å²) in [6, 6.07) is 6.70. The third kappa shape index (κ3) is 3.94. The zero-order valence-corrected chi connectivity index (χ0v) is 11.6. The number of aromatic nitrogens is 4. The molecule has 0 atom stereocenters. The predicted molar refractivity (Wildman–Crippen MR) is 75.9 cm³/mol. The average Bonchev–Trinajstić information content (AvgIpc) is 2.88. The molecule has 2 aromatic rings. The zero-order chi connectivity index (χ0) is 15.2. The fourth-order valence-corrected chi connectivity index (χ4v) is 1.37. The highest BCUT2D eigenvalue weighted by molar-refractivity contribution is 5.88. The Balaban J connectivity index is 1.98. The van der Waals surface area contributed by atoms with Crippen LogP contribution in [0.15, 0.2) is 24.3 Å². The lowest BCUT2D eigenvalue weighted by Gasteiger charge is -2.12. The topological polar surface area (TPSA) is 85.2 Å². The molecular weight excluding hydrogens is 272 g/mol. The lowest BCUT2D eigenvalue weighted by Crippen LogP contribution is -2.27. The quantitative estimate of drug-likeness (QED) is 0.853. The van der Waals surface area contributed by atoms with Crippen LogP contribution in [-0.2, 0) is 6.54 Å². The zero-order valence-electron chi connectivity index (χ0n) is 11.6. The van der Waals surface area contributed by atoms with Crippen LogP contribution in [0.25, 0.3) is 0 Å². The maximum absolute atomic E-state index is 11.5. The molecule has 2 rings (SSSR count). The lowest BCUT2D eigenvalue weighted by atomic mass is 10.3. The van der Waals surface area contributed by atoms with Gasteiger partial charge in [0.15, 0.2) is 0 Å². The van der Waals surface area contributed by atoms with Gasteiger partial charge in [0.2, 0.25) is 0 Å². The molecule has 0 bridgehead atoms. The lowest BCUT2D eigenvalue weighted by molar-refractivity contribution is 0.230. The number of nitrogens with zero attached hydrogens (tertiary/aromatic N) is 5. The van der Waals surface area contributed by atoms with Gasteiger partial charge in [0.25, 0.3) is 0 Å². The summed E-state index contributed by atoms with van der Waals surface area (Å²) in [6.45, 7) is 0.228. The van der Waals surface area contributed by atoms with E-state index in [4.69, 9.17) is 11.2 Å². The van der Waals surface area contributed by atoms with Crippen molar-refractivity contribution in [2.45, 2.75) is 6.54 Å². The van der Waals surface area contributed by atoms with E-state index in [1.807, 2.05) is 0 Å². The largest absolute Gasteiger partial charge is 0.422 e. The second-order valence-electron chi connectivity index (χ2n) is 4.26. The summed E-state index contributed by atoms with van der Waals surface area (Å²) in [6.07, 6.45) is 5.14.